The predicted molar refractivity (Wildman–Crippen MR) is 71.5 cm³/mol. The molecule has 1 aromatic carbocycles. The fourth-order valence-corrected chi connectivity index (χ4v) is 2.62. The molecule has 1 heterocycles. The van der Waals surface area contributed by atoms with Crippen molar-refractivity contribution in [1.82, 2.24) is 14.3 Å². The molecule has 0 aliphatic rings. The van der Waals surface area contributed by atoms with Crippen LogP contribution in [0, 0.1) is 5.82 Å². The average molecular weight is 298 g/mol. The molecule has 2 aromatic rings. The standard InChI is InChI=1S/C12H15FN4O2S/c1-17-7-12(15-8-17)20(18,19)16-6-10-3-2-9(5-14)4-11(10)13/h2-4,7-8,16H,5-6,14H2,1H3. The molecule has 2 rings (SSSR count). The van der Waals surface area contributed by atoms with E-state index >= 15 is 0 Å². The van der Waals surface area contributed by atoms with Crippen LogP contribution in [-0.4, -0.2) is 18.0 Å². The Morgan fingerprint density at radius 2 is 2.20 bits per heavy atom. The van der Waals surface area contributed by atoms with Gasteiger partial charge in [0.15, 0.2) is 5.03 Å². The van der Waals surface area contributed by atoms with Crippen LogP contribution in [0.3, 0.4) is 0 Å². The number of imidazole rings is 1. The number of nitrogens with zero attached hydrogens (tertiary/aromatic N) is 2. The van der Waals surface area contributed by atoms with Crippen molar-refractivity contribution in [3.05, 3.63) is 47.7 Å². The van der Waals surface area contributed by atoms with Crippen LogP contribution in [0.5, 0.6) is 0 Å². The first kappa shape index (κ1) is 14.6. The second-order valence-electron chi connectivity index (χ2n) is 4.33. The molecule has 0 unspecified atom stereocenters. The molecule has 0 aliphatic heterocycles. The molecular formula is C12H15FN4O2S. The molecule has 8 heteroatoms. The Balaban J connectivity index is 2.12. The lowest BCUT2D eigenvalue weighted by atomic mass is 10.1. The van der Waals surface area contributed by atoms with Crippen LogP contribution in [0.2, 0.25) is 0 Å². The smallest absolute Gasteiger partial charge is 0.259 e. The Morgan fingerprint density at radius 3 is 2.75 bits per heavy atom. The number of hydrogen-bond acceptors (Lipinski definition) is 4. The van der Waals surface area contributed by atoms with Crippen molar-refractivity contribution < 1.29 is 12.8 Å². The zero-order chi connectivity index (χ0) is 14.8. The number of aromatic nitrogens is 2. The van der Waals surface area contributed by atoms with Gasteiger partial charge in [0.25, 0.3) is 10.0 Å². The maximum absolute atomic E-state index is 13.7. The van der Waals surface area contributed by atoms with E-state index in [4.69, 9.17) is 5.73 Å². The van der Waals surface area contributed by atoms with Crippen molar-refractivity contribution in [2.45, 2.75) is 18.1 Å². The summed E-state index contributed by atoms with van der Waals surface area (Å²) in [6.07, 6.45) is 2.75. The van der Waals surface area contributed by atoms with E-state index < -0.39 is 15.8 Å². The SMILES string of the molecule is Cn1cnc(S(=O)(=O)NCc2ccc(CN)cc2F)c1. The summed E-state index contributed by atoms with van der Waals surface area (Å²) in [7, 11) is -2.08. The van der Waals surface area contributed by atoms with Crippen LogP contribution >= 0.6 is 0 Å². The van der Waals surface area contributed by atoms with E-state index in [1.54, 1.807) is 13.1 Å². The number of nitrogens with one attached hydrogen (secondary N) is 1. The van der Waals surface area contributed by atoms with E-state index in [-0.39, 0.29) is 23.7 Å². The number of benzene rings is 1. The molecule has 108 valence electrons. The summed E-state index contributed by atoms with van der Waals surface area (Å²) >= 11 is 0. The summed E-state index contributed by atoms with van der Waals surface area (Å²) in [5, 5.41) is -0.0982. The molecule has 0 aliphatic carbocycles. The predicted octanol–water partition coefficient (Wildman–Crippen LogP) is 0.496. The second-order valence-corrected chi connectivity index (χ2v) is 6.05. The van der Waals surface area contributed by atoms with Gasteiger partial charge in [0.05, 0.1) is 6.33 Å². The Bertz CT molecular complexity index is 712. The quantitative estimate of drug-likeness (QED) is 0.841. The molecule has 0 radical (unpaired) electrons. The summed E-state index contributed by atoms with van der Waals surface area (Å²) in [5.74, 6) is -0.489. The highest BCUT2D eigenvalue weighted by Crippen LogP contribution is 2.12. The van der Waals surface area contributed by atoms with Crippen molar-refractivity contribution >= 4 is 10.0 Å². The fraction of sp³-hybridized carbons (Fsp3) is 0.250. The lowest BCUT2D eigenvalue weighted by Crippen LogP contribution is -2.24. The van der Waals surface area contributed by atoms with E-state index in [9.17, 15) is 12.8 Å². The van der Waals surface area contributed by atoms with Gasteiger partial charge in [0.2, 0.25) is 0 Å². The van der Waals surface area contributed by atoms with E-state index in [0.29, 0.717) is 5.56 Å². The third-order valence-electron chi connectivity index (χ3n) is 2.76. The molecular weight excluding hydrogens is 283 g/mol. The Hall–Kier alpha value is -1.77. The Kier molecular flexibility index (Phi) is 4.17. The summed E-state index contributed by atoms with van der Waals surface area (Å²) in [4.78, 5) is 3.75. The highest BCUT2D eigenvalue weighted by Gasteiger charge is 2.17. The van der Waals surface area contributed by atoms with Gasteiger partial charge in [0.1, 0.15) is 5.82 Å². The molecule has 0 saturated heterocycles. The highest BCUT2D eigenvalue weighted by molar-refractivity contribution is 7.89. The van der Waals surface area contributed by atoms with E-state index in [1.807, 2.05) is 0 Å². The minimum absolute atomic E-state index is 0.0982. The number of sulfonamides is 1. The first-order chi connectivity index (χ1) is 9.42. The van der Waals surface area contributed by atoms with E-state index in [1.165, 1.54) is 29.2 Å². The van der Waals surface area contributed by atoms with Gasteiger partial charge in [-0.1, -0.05) is 12.1 Å². The van der Waals surface area contributed by atoms with Crippen LogP contribution in [0.1, 0.15) is 11.1 Å². The number of nitrogens with two attached hydrogens (primary N) is 1. The maximum atomic E-state index is 13.7. The molecule has 0 saturated carbocycles. The zero-order valence-corrected chi connectivity index (χ0v) is 11.7. The normalized spacial score (nSPS) is 11.8. The van der Waals surface area contributed by atoms with Gasteiger partial charge in [-0.3, -0.25) is 0 Å². The molecule has 3 N–H and O–H groups in total. The first-order valence-electron chi connectivity index (χ1n) is 5.87. The van der Waals surface area contributed by atoms with Crippen molar-refractivity contribution in [1.29, 1.82) is 0 Å². The van der Waals surface area contributed by atoms with E-state index in [0.717, 1.165) is 0 Å². The van der Waals surface area contributed by atoms with Gasteiger partial charge in [-0.2, -0.15) is 0 Å². The monoisotopic (exact) mass is 298 g/mol. The molecule has 1 aromatic heterocycles. The summed E-state index contributed by atoms with van der Waals surface area (Å²) < 4.78 is 41.4. The highest BCUT2D eigenvalue weighted by atomic mass is 32.2. The van der Waals surface area contributed by atoms with Crippen LogP contribution < -0.4 is 10.5 Å². The summed E-state index contributed by atoms with van der Waals surface area (Å²) in [6, 6.07) is 4.47. The van der Waals surface area contributed by atoms with Crippen LogP contribution in [-0.2, 0) is 30.2 Å². The Morgan fingerprint density at radius 1 is 1.45 bits per heavy atom. The van der Waals surface area contributed by atoms with Crippen molar-refractivity contribution in [2.75, 3.05) is 0 Å². The third kappa shape index (κ3) is 3.21. The molecule has 0 atom stereocenters. The molecule has 20 heavy (non-hydrogen) atoms. The number of halogens is 1. The minimum atomic E-state index is -3.74. The third-order valence-corrected chi connectivity index (χ3v) is 4.05. The zero-order valence-electron chi connectivity index (χ0n) is 10.9. The maximum Gasteiger partial charge on any atom is 0.259 e. The lowest BCUT2D eigenvalue weighted by Gasteiger charge is -2.07. The molecule has 0 spiro atoms. The van der Waals surface area contributed by atoms with Gasteiger partial charge >= 0.3 is 0 Å². The first-order valence-corrected chi connectivity index (χ1v) is 7.35. The van der Waals surface area contributed by atoms with Crippen LogP contribution in [0.25, 0.3) is 0 Å². The fourth-order valence-electron chi connectivity index (χ4n) is 1.64. The van der Waals surface area contributed by atoms with Crippen LogP contribution in [0.15, 0.2) is 35.7 Å². The van der Waals surface area contributed by atoms with Gasteiger partial charge < -0.3 is 10.3 Å². The molecule has 0 amide bonds. The summed E-state index contributed by atoms with van der Waals surface area (Å²) in [6.45, 7) is 0.0897. The number of hydrogen-bond donors (Lipinski definition) is 2. The number of rotatable bonds is 5. The van der Waals surface area contributed by atoms with Crippen molar-refractivity contribution in [2.24, 2.45) is 12.8 Å². The van der Waals surface area contributed by atoms with Gasteiger partial charge in [-0.15, -0.1) is 0 Å². The minimum Gasteiger partial charge on any atom is -0.339 e. The second kappa shape index (κ2) is 5.70. The van der Waals surface area contributed by atoms with Crippen molar-refractivity contribution in [3.8, 4) is 0 Å². The van der Waals surface area contributed by atoms with Gasteiger partial charge in [0, 0.05) is 31.9 Å². The lowest BCUT2D eigenvalue weighted by molar-refractivity contribution is 0.571. The topological polar surface area (TPSA) is 90.0 Å². The van der Waals surface area contributed by atoms with Crippen molar-refractivity contribution in [3.63, 3.8) is 0 Å². The van der Waals surface area contributed by atoms with E-state index in [2.05, 4.69) is 9.71 Å². The molecule has 0 bridgehead atoms. The van der Waals surface area contributed by atoms with Gasteiger partial charge in [-0.05, 0) is 11.6 Å². The van der Waals surface area contributed by atoms with Gasteiger partial charge in [-0.25, -0.2) is 22.5 Å². The molecule has 6 nitrogen and oxygen atoms in total. The van der Waals surface area contributed by atoms with Crippen LogP contribution in [0.4, 0.5) is 4.39 Å². The largest absolute Gasteiger partial charge is 0.339 e. The summed E-state index contributed by atoms with van der Waals surface area (Å²) in [5.41, 5.74) is 6.30. The molecule has 0 fully saturated rings. The Labute approximate surface area is 116 Å². The average Bonchev–Trinajstić information content (AvgIpc) is 2.85. The number of aryl methyl sites for hydroxylation is 1.